The highest BCUT2D eigenvalue weighted by molar-refractivity contribution is 6.03. The minimum atomic E-state index is -0.199. The van der Waals surface area contributed by atoms with Crippen LogP contribution in [0.4, 0.5) is 17.1 Å². The van der Waals surface area contributed by atoms with Gasteiger partial charge in [-0.25, -0.2) is 4.98 Å². The van der Waals surface area contributed by atoms with Crippen molar-refractivity contribution < 1.29 is 9.53 Å². The summed E-state index contributed by atoms with van der Waals surface area (Å²) in [5, 5.41) is 6.25. The number of nitrogens with one attached hydrogen (secondary N) is 2. The van der Waals surface area contributed by atoms with Gasteiger partial charge in [-0.15, -0.1) is 0 Å². The minimum absolute atomic E-state index is 0.199. The molecular weight excluding hydrogens is 364 g/mol. The van der Waals surface area contributed by atoms with E-state index in [2.05, 4.69) is 39.6 Å². The van der Waals surface area contributed by atoms with Gasteiger partial charge in [-0.2, -0.15) is 0 Å². The van der Waals surface area contributed by atoms with Crippen molar-refractivity contribution in [2.75, 3.05) is 41.8 Å². The number of carbonyl (C=O) groups is 1. The van der Waals surface area contributed by atoms with E-state index in [1.54, 1.807) is 12.3 Å². The van der Waals surface area contributed by atoms with E-state index >= 15 is 0 Å². The van der Waals surface area contributed by atoms with Crippen LogP contribution in [0.25, 0.3) is 0 Å². The number of pyridine rings is 1. The zero-order valence-electron chi connectivity index (χ0n) is 17.1. The maximum Gasteiger partial charge on any atom is 0.274 e. The summed E-state index contributed by atoms with van der Waals surface area (Å²) in [6, 6.07) is 11.7. The van der Waals surface area contributed by atoms with Gasteiger partial charge in [-0.3, -0.25) is 4.79 Å². The van der Waals surface area contributed by atoms with Gasteiger partial charge in [0.2, 0.25) is 0 Å². The Balaban J connectivity index is 1.29. The molecule has 2 fully saturated rings. The molecule has 2 saturated heterocycles. The van der Waals surface area contributed by atoms with Crippen molar-refractivity contribution >= 4 is 23.0 Å². The molecule has 2 N–H and O–H groups in total. The first-order chi connectivity index (χ1) is 14.2. The highest BCUT2D eigenvalue weighted by Crippen LogP contribution is 2.24. The van der Waals surface area contributed by atoms with Crippen LogP contribution >= 0.6 is 0 Å². The van der Waals surface area contributed by atoms with Crippen LogP contribution in [0.15, 0.2) is 42.6 Å². The average molecular weight is 395 g/mol. The van der Waals surface area contributed by atoms with E-state index in [0.29, 0.717) is 5.69 Å². The van der Waals surface area contributed by atoms with Crippen molar-refractivity contribution in [3.63, 3.8) is 0 Å². The topological polar surface area (TPSA) is 66.5 Å². The molecule has 1 atom stereocenters. The second-order valence-electron chi connectivity index (χ2n) is 8.12. The summed E-state index contributed by atoms with van der Waals surface area (Å²) < 4.78 is 5.60. The van der Waals surface area contributed by atoms with E-state index in [0.717, 1.165) is 56.4 Å². The molecule has 1 aromatic carbocycles. The molecule has 6 nitrogen and oxygen atoms in total. The maximum atomic E-state index is 12.5. The second kappa shape index (κ2) is 9.27. The predicted octanol–water partition coefficient (Wildman–Crippen LogP) is 4.16. The molecule has 0 bridgehead atoms. The monoisotopic (exact) mass is 394 g/mol. The van der Waals surface area contributed by atoms with Crippen molar-refractivity contribution in [1.82, 2.24) is 4.98 Å². The SMILES string of the molecule is CC1CCN(c2ccc(NC(=O)c3ccc(NCC4CCCO4)cn3)cc2)CC1. The molecule has 1 aromatic heterocycles. The number of amides is 1. The van der Waals surface area contributed by atoms with Crippen LogP contribution in [0.1, 0.15) is 43.1 Å². The molecule has 6 heteroatoms. The lowest BCUT2D eigenvalue weighted by molar-refractivity contribution is 0.102. The van der Waals surface area contributed by atoms with Crippen LogP contribution in [0.2, 0.25) is 0 Å². The van der Waals surface area contributed by atoms with Crippen molar-refractivity contribution in [3.8, 4) is 0 Å². The standard InChI is InChI=1S/C23H30N4O2/c1-17-10-12-27(13-11-17)20-7-4-18(5-8-20)26-23(28)22-9-6-19(15-25-22)24-16-21-3-2-14-29-21/h4-9,15,17,21,24H,2-3,10-14,16H2,1H3,(H,26,28). The normalized spacial score (nSPS) is 19.9. The maximum absolute atomic E-state index is 12.5. The summed E-state index contributed by atoms with van der Waals surface area (Å²) >= 11 is 0. The molecule has 4 rings (SSSR count). The number of ether oxygens (including phenoxy) is 1. The Morgan fingerprint density at radius 3 is 2.52 bits per heavy atom. The molecule has 0 saturated carbocycles. The van der Waals surface area contributed by atoms with Crippen molar-refractivity contribution in [2.24, 2.45) is 5.92 Å². The lowest BCUT2D eigenvalue weighted by atomic mass is 9.99. The van der Waals surface area contributed by atoms with Gasteiger partial charge >= 0.3 is 0 Å². The van der Waals surface area contributed by atoms with E-state index < -0.39 is 0 Å². The van der Waals surface area contributed by atoms with Gasteiger partial charge in [-0.1, -0.05) is 6.92 Å². The molecule has 1 unspecified atom stereocenters. The largest absolute Gasteiger partial charge is 0.381 e. The van der Waals surface area contributed by atoms with Gasteiger partial charge in [0.15, 0.2) is 0 Å². The number of aromatic nitrogens is 1. The Hall–Kier alpha value is -2.60. The van der Waals surface area contributed by atoms with Crippen LogP contribution in [0, 0.1) is 5.92 Å². The van der Waals surface area contributed by atoms with Gasteiger partial charge in [-0.05, 0) is 68.0 Å². The first kappa shape index (κ1) is 19.7. The number of rotatable bonds is 6. The van der Waals surface area contributed by atoms with E-state index in [1.165, 1.54) is 18.5 Å². The quantitative estimate of drug-likeness (QED) is 0.770. The molecule has 2 aromatic rings. The van der Waals surface area contributed by atoms with Crippen molar-refractivity contribution in [2.45, 2.75) is 38.7 Å². The molecule has 1 amide bonds. The summed E-state index contributed by atoms with van der Waals surface area (Å²) in [6.45, 7) is 6.14. The fraction of sp³-hybridized carbons (Fsp3) is 0.478. The molecule has 154 valence electrons. The van der Waals surface area contributed by atoms with Gasteiger partial charge in [0.25, 0.3) is 5.91 Å². The first-order valence-electron chi connectivity index (χ1n) is 10.7. The zero-order chi connectivity index (χ0) is 20.1. The van der Waals surface area contributed by atoms with Crippen LogP contribution in [0.5, 0.6) is 0 Å². The number of nitrogens with zero attached hydrogens (tertiary/aromatic N) is 2. The molecular formula is C23H30N4O2. The Morgan fingerprint density at radius 2 is 1.86 bits per heavy atom. The van der Waals surface area contributed by atoms with Gasteiger partial charge in [0.1, 0.15) is 5.69 Å². The highest BCUT2D eigenvalue weighted by Gasteiger charge is 2.17. The summed E-state index contributed by atoms with van der Waals surface area (Å²) in [7, 11) is 0. The van der Waals surface area contributed by atoms with Crippen LogP contribution in [-0.4, -0.2) is 43.2 Å². The average Bonchev–Trinajstić information content (AvgIpc) is 3.27. The molecule has 2 aliphatic heterocycles. The Labute approximate surface area is 172 Å². The molecule has 3 heterocycles. The third-order valence-electron chi connectivity index (χ3n) is 5.83. The summed E-state index contributed by atoms with van der Waals surface area (Å²) in [5.74, 6) is 0.616. The molecule has 0 radical (unpaired) electrons. The Bertz CT molecular complexity index is 793. The second-order valence-corrected chi connectivity index (χ2v) is 8.12. The van der Waals surface area contributed by atoms with E-state index in [1.807, 2.05) is 18.2 Å². The van der Waals surface area contributed by atoms with E-state index in [9.17, 15) is 4.79 Å². The smallest absolute Gasteiger partial charge is 0.274 e. The fourth-order valence-corrected chi connectivity index (χ4v) is 3.89. The molecule has 0 aliphatic carbocycles. The third-order valence-corrected chi connectivity index (χ3v) is 5.83. The number of hydrogen-bond acceptors (Lipinski definition) is 5. The Kier molecular flexibility index (Phi) is 6.30. The van der Waals surface area contributed by atoms with Crippen LogP contribution in [-0.2, 0) is 4.74 Å². The summed E-state index contributed by atoms with van der Waals surface area (Å²) in [4.78, 5) is 19.2. The van der Waals surface area contributed by atoms with E-state index in [-0.39, 0.29) is 12.0 Å². The number of benzene rings is 1. The van der Waals surface area contributed by atoms with Gasteiger partial charge in [0, 0.05) is 37.6 Å². The van der Waals surface area contributed by atoms with Crippen LogP contribution in [0.3, 0.4) is 0 Å². The number of hydrogen-bond donors (Lipinski definition) is 2. The minimum Gasteiger partial charge on any atom is -0.381 e. The highest BCUT2D eigenvalue weighted by atomic mass is 16.5. The third kappa shape index (κ3) is 5.26. The number of piperidine rings is 1. The van der Waals surface area contributed by atoms with Gasteiger partial charge in [0.05, 0.1) is 18.0 Å². The fourth-order valence-electron chi connectivity index (χ4n) is 3.89. The molecule has 0 spiro atoms. The Morgan fingerprint density at radius 1 is 1.10 bits per heavy atom. The lowest BCUT2D eigenvalue weighted by Gasteiger charge is -2.32. The number of carbonyl (C=O) groups excluding carboxylic acids is 1. The first-order valence-corrected chi connectivity index (χ1v) is 10.7. The van der Waals surface area contributed by atoms with Gasteiger partial charge < -0.3 is 20.3 Å². The predicted molar refractivity (Wildman–Crippen MR) is 117 cm³/mol. The van der Waals surface area contributed by atoms with Crippen molar-refractivity contribution in [3.05, 3.63) is 48.3 Å². The van der Waals surface area contributed by atoms with Crippen molar-refractivity contribution in [1.29, 1.82) is 0 Å². The van der Waals surface area contributed by atoms with Crippen LogP contribution < -0.4 is 15.5 Å². The summed E-state index contributed by atoms with van der Waals surface area (Å²) in [5.41, 5.74) is 3.31. The van der Waals surface area contributed by atoms with E-state index in [4.69, 9.17) is 4.74 Å². The number of anilines is 3. The molecule has 29 heavy (non-hydrogen) atoms. The molecule has 2 aliphatic rings. The lowest BCUT2D eigenvalue weighted by Crippen LogP contribution is -2.32. The zero-order valence-corrected chi connectivity index (χ0v) is 17.1. The summed E-state index contributed by atoms with van der Waals surface area (Å²) in [6.07, 6.45) is 6.67.